The molecule has 132 valence electrons. The lowest BCUT2D eigenvalue weighted by molar-refractivity contribution is 0.00578. The van der Waals surface area contributed by atoms with Gasteiger partial charge in [0, 0.05) is 4.47 Å². The molecule has 0 aliphatic carbocycles. The molecule has 0 saturated carbocycles. The van der Waals surface area contributed by atoms with E-state index in [4.69, 9.17) is 14.0 Å². The molecule has 0 atom stereocenters. The number of hydrogen-bond acceptors (Lipinski definition) is 3. The van der Waals surface area contributed by atoms with Crippen LogP contribution in [0.2, 0.25) is 0 Å². The van der Waals surface area contributed by atoms with Gasteiger partial charge in [-0.3, -0.25) is 0 Å². The lowest BCUT2D eigenvalue weighted by Gasteiger charge is -2.32. The van der Waals surface area contributed by atoms with Crippen LogP contribution in [0.3, 0.4) is 0 Å². The Hall–Kier alpha value is -1.30. The first-order chi connectivity index (χ1) is 11.7. The third kappa shape index (κ3) is 3.79. The van der Waals surface area contributed by atoms with Gasteiger partial charge in [0.05, 0.1) is 11.2 Å². The van der Waals surface area contributed by atoms with Gasteiger partial charge in [0.25, 0.3) is 0 Å². The largest absolute Gasteiger partial charge is 0.495 e. The highest BCUT2D eigenvalue weighted by atomic mass is 79.9. The molecule has 0 radical (unpaired) electrons. The van der Waals surface area contributed by atoms with Crippen LogP contribution >= 0.6 is 15.9 Å². The van der Waals surface area contributed by atoms with Crippen LogP contribution in [0.4, 0.5) is 0 Å². The Kier molecular flexibility index (Phi) is 5.02. The highest BCUT2D eigenvalue weighted by Gasteiger charge is 2.52. The van der Waals surface area contributed by atoms with E-state index in [0.29, 0.717) is 6.61 Å². The molecule has 1 fully saturated rings. The summed E-state index contributed by atoms with van der Waals surface area (Å²) in [5, 5.41) is 0. The van der Waals surface area contributed by atoms with Crippen LogP contribution in [0.15, 0.2) is 46.9 Å². The van der Waals surface area contributed by atoms with E-state index in [1.807, 2.05) is 37.3 Å². The van der Waals surface area contributed by atoms with Crippen molar-refractivity contribution < 1.29 is 14.0 Å². The summed E-state index contributed by atoms with van der Waals surface area (Å²) >= 11 is 3.50. The minimum Gasteiger partial charge on any atom is -0.489 e. The predicted octanol–water partition coefficient (Wildman–Crippen LogP) is 4.64. The summed E-state index contributed by atoms with van der Waals surface area (Å²) in [4.78, 5) is 0. The second-order valence-electron chi connectivity index (χ2n) is 7.49. The van der Waals surface area contributed by atoms with Crippen LogP contribution in [-0.4, -0.2) is 18.3 Å². The van der Waals surface area contributed by atoms with E-state index >= 15 is 0 Å². The van der Waals surface area contributed by atoms with Crippen LogP contribution in [0.5, 0.6) is 5.75 Å². The number of rotatable bonds is 4. The Balaban J connectivity index is 1.82. The van der Waals surface area contributed by atoms with Crippen LogP contribution in [0.25, 0.3) is 0 Å². The standard InChI is InChI=1S/C20H24BBrO3/c1-14-10-11-16(22)12-18(14)23-13-15-8-6-7-9-17(15)21-24-19(2,3)20(4,5)25-21/h6-12H,13H2,1-5H3. The summed E-state index contributed by atoms with van der Waals surface area (Å²) in [7, 11) is -0.381. The average Bonchev–Trinajstić information content (AvgIpc) is 2.76. The van der Waals surface area contributed by atoms with E-state index < -0.39 is 0 Å². The summed E-state index contributed by atoms with van der Waals surface area (Å²) in [6.07, 6.45) is 0. The smallest absolute Gasteiger partial charge is 0.489 e. The van der Waals surface area contributed by atoms with Crippen molar-refractivity contribution in [3.8, 4) is 5.75 Å². The van der Waals surface area contributed by atoms with E-state index in [1.54, 1.807) is 0 Å². The first-order valence-electron chi connectivity index (χ1n) is 8.52. The minimum atomic E-state index is -0.381. The van der Waals surface area contributed by atoms with Crippen molar-refractivity contribution in [1.82, 2.24) is 0 Å². The first-order valence-corrected chi connectivity index (χ1v) is 9.31. The van der Waals surface area contributed by atoms with Crippen molar-refractivity contribution >= 4 is 28.5 Å². The Labute approximate surface area is 159 Å². The number of benzene rings is 2. The molecule has 0 aromatic heterocycles. The van der Waals surface area contributed by atoms with E-state index in [9.17, 15) is 0 Å². The van der Waals surface area contributed by atoms with Crippen LogP contribution in [0, 0.1) is 6.92 Å². The zero-order valence-electron chi connectivity index (χ0n) is 15.4. The molecular formula is C20H24BBrO3. The fourth-order valence-corrected chi connectivity index (χ4v) is 3.09. The lowest BCUT2D eigenvalue weighted by atomic mass is 9.76. The summed E-state index contributed by atoms with van der Waals surface area (Å²) < 4.78 is 19.5. The molecule has 2 aromatic carbocycles. The summed E-state index contributed by atoms with van der Waals surface area (Å²) in [6.45, 7) is 10.8. The van der Waals surface area contributed by atoms with E-state index in [2.05, 4.69) is 55.8 Å². The zero-order chi connectivity index (χ0) is 18.2. The Bertz CT molecular complexity index is 757. The first kappa shape index (κ1) is 18.5. The van der Waals surface area contributed by atoms with Gasteiger partial charge in [-0.15, -0.1) is 0 Å². The second-order valence-corrected chi connectivity index (χ2v) is 8.40. The van der Waals surface area contributed by atoms with Gasteiger partial charge >= 0.3 is 7.12 Å². The molecule has 0 bridgehead atoms. The van der Waals surface area contributed by atoms with Gasteiger partial charge in [-0.2, -0.15) is 0 Å². The normalized spacial score (nSPS) is 18.4. The van der Waals surface area contributed by atoms with Gasteiger partial charge in [-0.25, -0.2) is 0 Å². The molecule has 3 nitrogen and oxygen atoms in total. The van der Waals surface area contributed by atoms with Crippen LogP contribution in [-0.2, 0) is 15.9 Å². The molecule has 1 saturated heterocycles. The maximum Gasteiger partial charge on any atom is 0.495 e. The fourth-order valence-electron chi connectivity index (χ4n) is 2.75. The van der Waals surface area contributed by atoms with Crippen molar-refractivity contribution in [3.05, 3.63) is 58.1 Å². The number of aryl methyl sites for hydroxylation is 1. The minimum absolute atomic E-state index is 0.355. The molecule has 0 N–H and O–H groups in total. The number of ether oxygens (including phenoxy) is 1. The number of hydrogen-bond donors (Lipinski definition) is 0. The SMILES string of the molecule is Cc1ccc(Br)cc1OCc1ccccc1B1OC(C)(C)C(C)(C)O1. The van der Waals surface area contributed by atoms with Crippen molar-refractivity contribution in [3.63, 3.8) is 0 Å². The molecule has 0 spiro atoms. The lowest BCUT2D eigenvalue weighted by Crippen LogP contribution is -2.41. The predicted molar refractivity (Wildman–Crippen MR) is 105 cm³/mol. The van der Waals surface area contributed by atoms with Crippen molar-refractivity contribution in [2.45, 2.75) is 52.4 Å². The van der Waals surface area contributed by atoms with Gasteiger partial charge in [-0.1, -0.05) is 46.3 Å². The number of halogens is 1. The monoisotopic (exact) mass is 402 g/mol. The molecule has 2 aromatic rings. The van der Waals surface area contributed by atoms with Crippen molar-refractivity contribution in [2.75, 3.05) is 0 Å². The molecule has 1 heterocycles. The molecule has 0 unspecified atom stereocenters. The van der Waals surface area contributed by atoms with E-state index in [1.165, 1.54) is 0 Å². The van der Waals surface area contributed by atoms with Gasteiger partial charge in [0.2, 0.25) is 0 Å². The molecule has 1 aliphatic heterocycles. The van der Waals surface area contributed by atoms with Crippen LogP contribution < -0.4 is 10.2 Å². The molecule has 0 amide bonds. The molecular weight excluding hydrogens is 379 g/mol. The van der Waals surface area contributed by atoms with E-state index in [0.717, 1.165) is 26.8 Å². The topological polar surface area (TPSA) is 27.7 Å². The van der Waals surface area contributed by atoms with Gasteiger partial charge in [-0.05, 0) is 63.3 Å². The van der Waals surface area contributed by atoms with E-state index in [-0.39, 0.29) is 18.3 Å². The molecule has 5 heteroatoms. The van der Waals surface area contributed by atoms with Crippen molar-refractivity contribution in [2.24, 2.45) is 0 Å². The Morgan fingerprint density at radius 2 is 1.64 bits per heavy atom. The highest BCUT2D eigenvalue weighted by molar-refractivity contribution is 9.10. The average molecular weight is 403 g/mol. The van der Waals surface area contributed by atoms with Gasteiger partial charge in [0.1, 0.15) is 12.4 Å². The second kappa shape index (κ2) is 6.78. The quantitative estimate of drug-likeness (QED) is 0.697. The third-order valence-corrected chi connectivity index (χ3v) is 5.59. The summed E-state index contributed by atoms with van der Waals surface area (Å²) in [5.41, 5.74) is 2.49. The fraction of sp³-hybridized carbons (Fsp3) is 0.400. The molecule has 1 aliphatic rings. The van der Waals surface area contributed by atoms with Gasteiger partial charge < -0.3 is 14.0 Å². The Morgan fingerprint density at radius 3 is 2.32 bits per heavy atom. The van der Waals surface area contributed by atoms with Gasteiger partial charge in [0.15, 0.2) is 0 Å². The zero-order valence-corrected chi connectivity index (χ0v) is 17.0. The molecule has 3 rings (SSSR count). The molecule has 25 heavy (non-hydrogen) atoms. The highest BCUT2D eigenvalue weighted by Crippen LogP contribution is 2.36. The van der Waals surface area contributed by atoms with Crippen LogP contribution in [0.1, 0.15) is 38.8 Å². The third-order valence-electron chi connectivity index (χ3n) is 5.10. The maximum absolute atomic E-state index is 6.20. The Morgan fingerprint density at radius 1 is 1.00 bits per heavy atom. The summed E-state index contributed by atoms with van der Waals surface area (Å²) in [6, 6.07) is 14.2. The summed E-state index contributed by atoms with van der Waals surface area (Å²) in [5.74, 6) is 0.873. The van der Waals surface area contributed by atoms with Crippen molar-refractivity contribution in [1.29, 1.82) is 0 Å². The maximum atomic E-state index is 6.20.